The first-order valence-electron chi connectivity index (χ1n) is 11.1. The second-order valence-corrected chi connectivity index (χ2v) is 10.0. The molecule has 1 aliphatic rings. The first-order chi connectivity index (χ1) is 16.5. The Morgan fingerprint density at radius 2 is 2.06 bits per heavy atom. The number of ether oxygens (including phenoxy) is 2. The zero-order valence-corrected chi connectivity index (χ0v) is 20.5. The van der Waals surface area contributed by atoms with Crippen LogP contribution >= 0.6 is 7.75 Å². The molecule has 0 bridgehead atoms. The second-order valence-electron chi connectivity index (χ2n) is 8.33. The third-order valence-electron chi connectivity index (χ3n) is 5.12. The molecule has 2 aromatic rings. The van der Waals surface area contributed by atoms with Gasteiger partial charge in [0.2, 0.25) is 0 Å². The van der Waals surface area contributed by atoms with Gasteiger partial charge in [-0.15, -0.1) is 0 Å². The van der Waals surface area contributed by atoms with Crippen molar-refractivity contribution in [2.45, 2.75) is 57.7 Å². The second kappa shape index (κ2) is 11.3. The average molecular weight is 513 g/mol. The van der Waals surface area contributed by atoms with E-state index in [9.17, 15) is 18.9 Å². The van der Waals surface area contributed by atoms with E-state index < -0.39 is 49.0 Å². The van der Waals surface area contributed by atoms with Crippen LogP contribution in [0, 0.1) is 0 Å². The van der Waals surface area contributed by atoms with Gasteiger partial charge >= 0.3 is 19.4 Å². The fourth-order valence-corrected chi connectivity index (χ4v) is 5.01. The lowest BCUT2D eigenvalue weighted by atomic mass is 10.0. The molecule has 0 radical (unpaired) electrons. The summed E-state index contributed by atoms with van der Waals surface area (Å²) in [5.74, 6) is -0.420. The summed E-state index contributed by atoms with van der Waals surface area (Å²) in [7, 11) is -4.15. The van der Waals surface area contributed by atoms with E-state index in [2.05, 4.69) is 10.1 Å². The fourth-order valence-electron chi connectivity index (χ4n) is 3.49. The van der Waals surface area contributed by atoms with Crippen LogP contribution in [-0.2, 0) is 23.4 Å². The summed E-state index contributed by atoms with van der Waals surface area (Å²) in [5, 5.41) is 2.55. The van der Waals surface area contributed by atoms with E-state index in [1.54, 1.807) is 30.3 Å². The lowest BCUT2D eigenvalue weighted by molar-refractivity contribution is -0.145. The van der Waals surface area contributed by atoms with Crippen molar-refractivity contribution in [1.82, 2.24) is 14.6 Å². The molecule has 0 spiro atoms. The number of benzene rings is 1. The molecule has 35 heavy (non-hydrogen) atoms. The SMILES string of the molecule is CCCOC(=O)[C@H](C)N[P@](=O)(OCC1C[C@@](C)(F)[C@H](n2ccc(=O)[nH]c2=O)O1)Oc1ccccc1. The minimum Gasteiger partial charge on any atom is -0.465 e. The molecule has 0 saturated carbocycles. The van der Waals surface area contributed by atoms with E-state index in [1.165, 1.54) is 13.8 Å². The van der Waals surface area contributed by atoms with Crippen molar-refractivity contribution in [3.05, 3.63) is 63.4 Å². The molecule has 1 aromatic heterocycles. The molecule has 192 valence electrons. The van der Waals surface area contributed by atoms with Crippen LogP contribution in [0.25, 0.3) is 0 Å². The van der Waals surface area contributed by atoms with Crippen molar-refractivity contribution in [3.8, 4) is 5.75 Å². The molecule has 5 atom stereocenters. The number of para-hydroxylation sites is 1. The smallest absolute Gasteiger partial charge is 0.459 e. The normalized spacial score (nSPS) is 24.5. The monoisotopic (exact) mass is 513 g/mol. The minimum atomic E-state index is -4.15. The third-order valence-corrected chi connectivity index (χ3v) is 6.76. The Hall–Kier alpha value is -2.79. The maximum Gasteiger partial charge on any atom is 0.459 e. The van der Waals surface area contributed by atoms with Gasteiger partial charge in [0.05, 0.1) is 19.3 Å². The van der Waals surface area contributed by atoms with Crippen molar-refractivity contribution >= 4 is 13.7 Å². The molecule has 0 aliphatic carbocycles. The zero-order chi connectivity index (χ0) is 25.6. The molecule has 1 aliphatic heterocycles. The van der Waals surface area contributed by atoms with Crippen LogP contribution in [0.2, 0.25) is 0 Å². The summed E-state index contributed by atoms with van der Waals surface area (Å²) in [6, 6.07) is 8.24. The number of halogens is 1. The van der Waals surface area contributed by atoms with Gasteiger partial charge in [-0.25, -0.2) is 13.8 Å². The molecule has 2 N–H and O–H groups in total. The van der Waals surface area contributed by atoms with Crippen LogP contribution < -0.4 is 20.9 Å². The number of alkyl halides is 1. The average Bonchev–Trinajstić information content (AvgIpc) is 3.10. The molecule has 3 rings (SSSR count). The van der Waals surface area contributed by atoms with Gasteiger partial charge in [0, 0.05) is 18.7 Å². The number of aromatic amines is 1. The summed E-state index contributed by atoms with van der Waals surface area (Å²) in [4.78, 5) is 37.7. The Bertz CT molecular complexity index is 1170. The van der Waals surface area contributed by atoms with Crippen molar-refractivity contribution in [2.75, 3.05) is 13.2 Å². The summed E-state index contributed by atoms with van der Waals surface area (Å²) in [5.41, 5.74) is -3.45. The molecule has 13 heteroatoms. The van der Waals surface area contributed by atoms with Gasteiger partial charge in [-0.05, 0) is 32.4 Å². The van der Waals surface area contributed by atoms with Gasteiger partial charge in [0.25, 0.3) is 5.56 Å². The molecular formula is C22H29FN3O8P. The number of nitrogens with zero attached hydrogens (tertiary/aromatic N) is 1. The highest BCUT2D eigenvalue weighted by atomic mass is 31.2. The quantitative estimate of drug-likeness (QED) is 0.343. The Morgan fingerprint density at radius 1 is 1.34 bits per heavy atom. The van der Waals surface area contributed by atoms with Crippen LogP contribution in [0.4, 0.5) is 4.39 Å². The maximum atomic E-state index is 15.3. The van der Waals surface area contributed by atoms with Crippen LogP contribution in [0.3, 0.4) is 0 Å². The zero-order valence-electron chi connectivity index (χ0n) is 19.6. The number of nitrogens with one attached hydrogen (secondary N) is 2. The van der Waals surface area contributed by atoms with Gasteiger partial charge in [-0.1, -0.05) is 25.1 Å². The maximum absolute atomic E-state index is 15.3. The number of hydrogen-bond acceptors (Lipinski definition) is 8. The van der Waals surface area contributed by atoms with Gasteiger partial charge in [0.1, 0.15) is 11.8 Å². The number of hydrogen-bond donors (Lipinski definition) is 2. The van der Waals surface area contributed by atoms with Crippen LogP contribution in [0.15, 0.2) is 52.2 Å². The first kappa shape index (κ1) is 26.8. The highest BCUT2D eigenvalue weighted by Crippen LogP contribution is 2.47. The van der Waals surface area contributed by atoms with E-state index in [-0.39, 0.29) is 25.4 Å². The molecule has 1 saturated heterocycles. The highest BCUT2D eigenvalue weighted by Gasteiger charge is 2.48. The number of rotatable bonds is 11. The van der Waals surface area contributed by atoms with E-state index in [1.807, 2.05) is 6.92 Å². The predicted molar refractivity (Wildman–Crippen MR) is 124 cm³/mol. The third kappa shape index (κ3) is 7.11. The summed E-state index contributed by atoms with van der Waals surface area (Å²) < 4.78 is 51.6. The van der Waals surface area contributed by atoms with Crippen molar-refractivity contribution in [2.24, 2.45) is 0 Å². The topological polar surface area (TPSA) is 138 Å². The Labute approximate surface area is 201 Å². The lowest BCUT2D eigenvalue weighted by Gasteiger charge is -2.24. The number of carbonyl (C=O) groups excluding carboxylic acids is 1. The van der Waals surface area contributed by atoms with Gasteiger partial charge in [0.15, 0.2) is 11.9 Å². The van der Waals surface area contributed by atoms with Crippen molar-refractivity contribution in [1.29, 1.82) is 0 Å². The Morgan fingerprint density at radius 3 is 2.71 bits per heavy atom. The number of carbonyl (C=O) groups is 1. The Kier molecular flexibility index (Phi) is 8.65. The van der Waals surface area contributed by atoms with E-state index in [0.717, 1.165) is 16.8 Å². The largest absolute Gasteiger partial charge is 0.465 e. The van der Waals surface area contributed by atoms with Gasteiger partial charge in [-0.2, -0.15) is 5.09 Å². The predicted octanol–water partition coefficient (Wildman–Crippen LogP) is 2.69. The number of esters is 1. The molecule has 0 amide bonds. The van der Waals surface area contributed by atoms with Gasteiger partial charge < -0.3 is 14.0 Å². The molecular weight excluding hydrogens is 484 g/mol. The van der Waals surface area contributed by atoms with Gasteiger partial charge in [-0.3, -0.25) is 23.7 Å². The summed E-state index contributed by atoms with van der Waals surface area (Å²) >= 11 is 0. The van der Waals surface area contributed by atoms with E-state index in [4.69, 9.17) is 18.5 Å². The van der Waals surface area contributed by atoms with Crippen LogP contribution in [0.1, 0.15) is 39.8 Å². The molecule has 1 aromatic carbocycles. The fraction of sp³-hybridized carbons (Fsp3) is 0.500. The number of H-pyrrole nitrogens is 1. The van der Waals surface area contributed by atoms with Crippen LogP contribution in [0.5, 0.6) is 5.75 Å². The lowest BCUT2D eigenvalue weighted by Crippen LogP contribution is -2.38. The number of aromatic nitrogens is 2. The summed E-state index contributed by atoms with van der Waals surface area (Å²) in [6.07, 6.45) is -0.686. The van der Waals surface area contributed by atoms with E-state index in [0.29, 0.717) is 6.42 Å². The van der Waals surface area contributed by atoms with E-state index >= 15 is 4.39 Å². The standard InChI is InChI=1S/C22H29FN3O8P/c1-4-12-31-19(28)15(2)25-35(30,34-16-8-6-5-7-9-16)32-14-17-13-22(3,23)20(33-17)26-11-10-18(27)24-21(26)29/h5-11,15,17,20H,4,12-14H2,1-3H3,(H,25,30)(H,24,27,29)/t15-,17?,20+,22+,35-/m0/s1. The Balaban J connectivity index is 1.73. The van der Waals surface area contributed by atoms with Crippen molar-refractivity contribution < 1.29 is 32.3 Å². The summed E-state index contributed by atoms with van der Waals surface area (Å²) in [6.45, 7) is 4.37. The molecule has 11 nitrogen and oxygen atoms in total. The highest BCUT2D eigenvalue weighted by molar-refractivity contribution is 7.52. The van der Waals surface area contributed by atoms with Crippen molar-refractivity contribution in [3.63, 3.8) is 0 Å². The molecule has 1 fully saturated rings. The van der Waals surface area contributed by atoms with Crippen LogP contribution in [-0.4, -0.2) is 46.5 Å². The molecule has 1 unspecified atom stereocenters. The molecule has 2 heterocycles. The first-order valence-corrected chi connectivity index (χ1v) is 12.7. The minimum absolute atomic E-state index is 0.192.